The molecule has 5 rings (SSSR count). The topological polar surface area (TPSA) is 43.4 Å². The second-order valence-electron chi connectivity index (χ2n) is 8.76. The van der Waals surface area contributed by atoms with E-state index in [4.69, 9.17) is 14.5 Å². The molecule has 0 amide bonds. The first-order valence-corrected chi connectivity index (χ1v) is 13.4. The molecule has 4 aromatic carbocycles. The second-order valence-corrected chi connectivity index (χ2v) is 10.6. The molecule has 0 saturated carbocycles. The predicted molar refractivity (Wildman–Crippen MR) is 153 cm³/mol. The third kappa shape index (κ3) is 5.40. The highest BCUT2D eigenvalue weighted by Gasteiger charge is 2.15. The van der Waals surface area contributed by atoms with E-state index in [0.717, 1.165) is 43.1 Å². The largest absolute Gasteiger partial charge is 0.493 e. The molecule has 0 radical (unpaired) electrons. The molecule has 1 N–H and O–H groups in total. The number of hydrogen-bond acceptors (Lipinski definition) is 5. The molecule has 0 atom stereocenters. The number of nitrogens with one attached hydrogen (secondary N) is 1. The highest BCUT2D eigenvalue weighted by Crippen LogP contribution is 2.38. The molecule has 0 spiro atoms. The van der Waals surface area contributed by atoms with Crippen LogP contribution in [0.2, 0.25) is 0 Å². The Hall–Kier alpha value is -3.35. The van der Waals surface area contributed by atoms with E-state index in [1.807, 2.05) is 18.2 Å². The Morgan fingerprint density at radius 2 is 1.72 bits per heavy atom. The summed E-state index contributed by atoms with van der Waals surface area (Å²) in [6, 6.07) is 27.1. The molecule has 4 nitrogen and oxygen atoms in total. The summed E-state index contributed by atoms with van der Waals surface area (Å²) in [7, 11) is 1.67. The Morgan fingerprint density at radius 3 is 2.50 bits per heavy atom. The first-order valence-electron chi connectivity index (χ1n) is 11.8. The van der Waals surface area contributed by atoms with Gasteiger partial charge in [0.2, 0.25) is 0 Å². The van der Waals surface area contributed by atoms with Crippen LogP contribution >= 0.6 is 27.3 Å². The maximum absolute atomic E-state index is 6.28. The van der Waals surface area contributed by atoms with Crippen molar-refractivity contribution in [3.8, 4) is 22.1 Å². The van der Waals surface area contributed by atoms with E-state index in [0.29, 0.717) is 18.9 Å². The van der Waals surface area contributed by atoms with Crippen molar-refractivity contribution in [2.45, 2.75) is 27.0 Å². The minimum Gasteiger partial charge on any atom is -0.493 e. The van der Waals surface area contributed by atoms with Gasteiger partial charge in [-0.3, -0.25) is 0 Å². The molecule has 182 valence electrons. The highest BCUT2D eigenvalue weighted by atomic mass is 79.9. The van der Waals surface area contributed by atoms with Crippen molar-refractivity contribution < 1.29 is 9.47 Å². The Balaban J connectivity index is 1.33. The van der Waals surface area contributed by atoms with Gasteiger partial charge in [0.1, 0.15) is 11.6 Å². The number of halogens is 1. The maximum Gasteiger partial charge on any atom is 0.167 e. The summed E-state index contributed by atoms with van der Waals surface area (Å²) in [5.41, 5.74) is 7.78. The number of thiazole rings is 1. The van der Waals surface area contributed by atoms with E-state index < -0.39 is 0 Å². The summed E-state index contributed by atoms with van der Waals surface area (Å²) in [6.07, 6.45) is 0. The van der Waals surface area contributed by atoms with Crippen molar-refractivity contribution in [2.75, 3.05) is 12.4 Å². The second kappa shape index (κ2) is 10.7. The number of methoxy groups -OCH3 is 1. The number of benzene rings is 4. The van der Waals surface area contributed by atoms with Gasteiger partial charge in [0.15, 0.2) is 11.5 Å². The lowest BCUT2D eigenvalue weighted by molar-refractivity contribution is 0.281. The zero-order chi connectivity index (χ0) is 25.1. The van der Waals surface area contributed by atoms with Gasteiger partial charge in [0.25, 0.3) is 0 Å². The molecule has 0 aliphatic heterocycles. The van der Waals surface area contributed by atoms with Crippen LogP contribution in [0.15, 0.2) is 83.3 Å². The van der Waals surface area contributed by atoms with Crippen molar-refractivity contribution >= 4 is 43.2 Å². The summed E-state index contributed by atoms with van der Waals surface area (Å²) < 4.78 is 14.1. The lowest BCUT2D eigenvalue weighted by atomic mass is 10.1. The Bertz CT molecular complexity index is 1510. The fourth-order valence-electron chi connectivity index (χ4n) is 4.10. The molecular weight excluding hydrogens is 532 g/mol. The fourth-order valence-corrected chi connectivity index (χ4v) is 5.62. The lowest BCUT2D eigenvalue weighted by Gasteiger charge is -2.18. The summed E-state index contributed by atoms with van der Waals surface area (Å²) in [5.74, 6) is 1.45. The maximum atomic E-state index is 6.28. The summed E-state index contributed by atoms with van der Waals surface area (Å²) in [4.78, 5) is 4.80. The molecule has 0 bridgehead atoms. The zero-order valence-corrected chi connectivity index (χ0v) is 22.9. The first kappa shape index (κ1) is 24.3. The van der Waals surface area contributed by atoms with Crippen molar-refractivity contribution in [3.63, 3.8) is 0 Å². The van der Waals surface area contributed by atoms with Crippen LogP contribution in [0.25, 0.3) is 20.8 Å². The number of aryl methyl sites for hydroxylation is 2. The smallest absolute Gasteiger partial charge is 0.167 e. The van der Waals surface area contributed by atoms with Crippen molar-refractivity contribution in [1.82, 2.24) is 4.98 Å². The number of rotatable bonds is 8. The van der Waals surface area contributed by atoms with E-state index in [-0.39, 0.29) is 0 Å². The van der Waals surface area contributed by atoms with Crippen molar-refractivity contribution in [1.29, 1.82) is 0 Å². The SMILES string of the molecule is COc1ccc(Br)c(CNc2ccc(-c3nc4ccc(C)cc4s3)cc2)c1OCc1cccc(C)c1. The molecule has 36 heavy (non-hydrogen) atoms. The van der Waals surface area contributed by atoms with Gasteiger partial charge in [0.05, 0.1) is 17.3 Å². The predicted octanol–water partition coefficient (Wildman–Crippen LogP) is 8.54. The molecule has 0 aliphatic rings. The van der Waals surface area contributed by atoms with Gasteiger partial charge in [-0.15, -0.1) is 11.3 Å². The Kier molecular flexibility index (Phi) is 7.25. The van der Waals surface area contributed by atoms with Gasteiger partial charge in [-0.2, -0.15) is 0 Å². The van der Waals surface area contributed by atoms with Crippen LogP contribution in [0.4, 0.5) is 5.69 Å². The number of nitrogens with zero attached hydrogens (tertiary/aromatic N) is 1. The summed E-state index contributed by atoms with van der Waals surface area (Å²) in [6.45, 7) is 5.25. The minimum atomic E-state index is 0.470. The van der Waals surface area contributed by atoms with Crippen LogP contribution in [0.3, 0.4) is 0 Å². The average Bonchev–Trinajstić information content (AvgIpc) is 3.30. The molecule has 0 saturated heterocycles. The van der Waals surface area contributed by atoms with Gasteiger partial charge < -0.3 is 14.8 Å². The van der Waals surface area contributed by atoms with Crippen LogP contribution in [-0.2, 0) is 13.2 Å². The number of anilines is 1. The number of aromatic nitrogens is 1. The first-order chi connectivity index (χ1) is 17.5. The molecule has 5 aromatic rings. The van der Waals surface area contributed by atoms with Gasteiger partial charge in [-0.1, -0.05) is 51.8 Å². The van der Waals surface area contributed by atoms with Crippen molar-refractivity contribution in [2.24, 2.45) is 0 Å². The number of hydrogen-bond donors (Lipinski definition) is 1. The van der Waals surface area contributed by atoms with E-state index in [1.54, 1.807) is 18.4 Å². The van der Waals surface area contributed by atoms with Crippen LogP contribution in [0, 0.1) is 13.8 Å². The molecule has 0 unspecified atom stereocenters. The quantitative estimate of drug-likeness (QED) is 0.207. The van der Waals surface area contributed by atoms with E-state index in [2.05, 4.69) is 95.8 Å². The Labute approximate surface area is 224 Å². The highest BCUT2D eigenvalue weighted by molar-refractivity contribution is 9.10. The third-order valence-electron chi connectivity index (χ3n) is 6.00. The van der Waals surface area contributed by atoms with Crippen molar-refractivity contribution in [3.05, 3.63) is 106 Å². The summed E-state index contributed by atoms with van der Waals surface area (Å²) in [5, 5.41) is 4.56. The molecule has 6 heteroatoms. The van der Waals surface area contributed by atoms with Gasteiger partial charge in [-0.05, 0) is 73.5 Å². The third-order valence-corrected chi connectivity index (χ3v) is 7.81. The normalized spacial score (nSPS) is 11.0. The summed E-state index contributed by atoms with van der Waals surface area (Å²) >= 11 is 5.43. The molecule has 1 heterocycles. The van der Waals surface area contributed by atoms with Gasteiger partial charge in [-0.25, -0.2) is 4.98 Å². The number of ether oxygens (including phenoxy) is 2. The van der Waals surface area contributed by atoms with Crippen LogP contribution < -0.4 is 14.8 Å². The van der Waals surface area contributed by atoms with E-state index in [9.17, 15) is 0 Å². The van der Waals surface area contributed by atoms with Crippen LogP contribution in [0.1, 0.15) is 22.3 Å². The average molecular weight is 560 g/mol. The molecule has 1 aromatic heterocycles. The van der Waals surface area contributed by atoms with Crippen LogP contribution in [-0.4, -0.2) is 12.1 Å². The van der Waals surface area contributed by atoms with Crippen LogP contribution in [0.5, 0.6) is 11.5 Å². The lowest BCUT2D eigenvalue weighted by Crippen LogP contribution is -2.06. The zero-order valence-electron chi connectivity index (χ0n) is 20.5. The number of fused-ring (bicyclic) bond motifs is 1. The fraction of sp³-hybridized carbons (Fsp3) is 0.167. The monoisotopic (exact) mass is 558 g/mol. The molecule has 0 fully saturated rings. The van der Waals surface area contributed by atoms with Gasteiger partial charge >= 0.3 is 0 Å². The molecule has 0 aliphatic carbocycles. The standard InChI is InChI=1S/C30H27BrN2O2S/c1-19-5-4-6-21(15-19)18-35-29-24(25(31)12-14-27(29)34-3)17-32-23-10-8-22(9-11-23)30-33-26-13-7-20(2)16-28(26)36-30/h4-16,32H,17-18H2,1-3H3. The molecular formula is C30H27BrN2O2S. The van der Waals surface area contributed by atoms with E-state index >= 15 is 0 Å². The Morgan fingerprint density at radius 1 is 0.917 bits per heavy atom. The minimum absolute atomic E-state index is 0.470. The van der Waals surface area contributed by atoms with Gasteiger partial charge in [0, 0.05) is 27.8 Å². The van der Waals surface area contributed by atoms with E-state index in [1.165, 1.54) is 15.8 Å².